The second kappa shape index (κ2) is 14.7. The quantitative estimate of drug-likeness (QED) is 0.268. The number of esters is 1. The second-order valence-corrected chi connectivity index (χ2v) is 7.53. The van der Waals surface area contributed by atoms with Gasteiger partial charge in [-0.25, -0.2) is 9.59 Å². The first-order chi connectivity index (χ1) is 14.0. The Morgan fingerprint density at radius 2 is 1.83 bits per heavy atom. The molecule has 0 heterocycles. The third kappa shape index (κ3) is 10.2. The first-order valence-electron chi connectivity index (χ1n) is 10.1. The molecule has 1 atom stereocenters. The largest absolute Gasteiger partial charge is 1.00 e. The first-order valence-corrected chi connectivity index (χ1v) is 10.5. The van der Waals surface area contributed by atoms with Crippen LogP contribution in [0, 0.1) is 5.92 Å². The summed E-state index contributed by atoms with van der Waals surface area (Å²) in [6, 6.07) is 7.37. The van der Waals surface area contributed by atoms with E-state index in [0.29, 0.717) is 30.7 Å². The molecule has 1 aliphatic carbocycles. The first kappa shape index (κ1) is 26.8. The molecule has 0 aromatic heterocycles. The van der Waals surface area contributed by atoms with Crippen molar-refractivity contribution < 1.29 is 59.7 Å². The molecule has 0 radical (unpaired) electrons. The molecule has 7 nitrogen and oxygen atoms in total. The molecule has 2 rings (SSSR count). The molecule has 9 heteroatoms. The predicted octanol–water partition coefficient (Wildman–Crippen LogP) is 1.82. The summed E-state index contributed by atoms with van der Waals surface area (Å²) in [5.41, 5.74) is 3.01. The van der Waals surface area contributed by atoms with Gasteiger partial charge in [-0.1, -0.05) is 43.5 Å². The van der Waals surface area contributed by atoms with Crippen LogP contribution in [0.5, 0.6) is 0 Å². The van der Waals surface area contributed by atoms with Crippen molar-refractivity contribution in [3.63, 3.8) is 0 Å². The van der Waals surface area contributed by atoms with Crippen LogP contribution in [0.1, 0.15) is 65.3 Å². The van der Waals surface area contributed by atoms with Crippen molar-refractivity contribution >= 4 is 29.6 Å². The van der Waals surface area contributed by atoms with Crippen LogP contribution in [0.3, 0.4) is 0 Å². The SMILES string of the molecule is CCCC(OC(=O)NOC(=O)CCCc1ccc(Cl)cc1)OC(=O)C1CCCC1.[H-].[Na+]. The van der Waals surface area contributed by atoms with Gasteiger partial charge in [0.2, 0.25) is 6.29 Å². The number of nitrogens with one attached hydrogen (secondary N) is 1. The number of rotatable bonds is 9. The number of carbonyl (C=O) groups excluding carboxylic acids is 3. The molecule has 0 saturated heterocycles. The molecule has 0 aliphatic heterocycles. The van der Waals surface area contributed by atoms with Gasteiger partial charge in [-0.3, -0.25) is 4.79 Å². The number of benzene rings is 1. The minimum atomic E-state index is -0.989. The second-order valence-electron chi connectivity index (χ2n) is 7.10. The van der Waals surface area contributed by atoms with E-state index in [1.165, 1.54) is 0 Å². The van der Waals surface area contributed by atoms with Gasteiger partial charge in [0.15, 0.2) is 0 Å². The molecule has 1 unspecified atom stereocenters. The number of ether oxygens (including phenoxy) is 2. The number of aryl methyl sites for hydroxylation is 1. The van der Waals surface area contributed by atoms with E-state index in [9.17, 15) is 14.4 Å². The zero-order chi connectivity index (χ0) is 21.1. The molecule has 1 aromatic rings. The molecule has 1 fully saturated rings. The molecular weight excluding hydrogens is 421 g/mol. The number of hydrogen-bond donors (Lipinski definition) is 1. The van der Waals surface area contributed by atoms with Gasteiger partial charge in [0, 0.05) is 17.9 Å². The average molecular weight is 450 g/mol. The Bertz CT molecular complexity index is 685. The smallest absolute Gasteiger partial charge is 1.00 e. The number of amides is 1. The molecular formula is C21H29ClNNaO6. The van der Waals surface area contributed by atoms with E-state index in [1.807, 2.05) is 24.5 Å². The summed E-state index contributed by atoms with van der Waals surface area (Å²) in [5, 5.41) is 0.658. The Morgan fingerprint density at radius 1 is 1.17 bits per heavy atom. The Kier molecular flexibility index (Phi) is 13.1. The third-order valence-electron chi connectivity index (χ3n) is 4.71. The van der Waals surface area contributed by atoms with Crippen molar-refractivity contribution in [3.8, 4) is 0 Å². The van der Waals surface area contributed by atoms with Gasteiger partial charge in [0.05, 0.1) is 5.92 Å². The Balaban J connectivity index is 0.00000450. The fourth-order valence-electron chi connectivity index (χ4n) is 3.15. The van der Waals surface area contributed by atoms with E-state index in [1.54, 1.807) is 12.1 Å². The molecule has 1 saturated carbocycles. The minimum Gasteiger partial charge on any atom is -1.00 e. The Labute approximate surface area is 205 Å². The monoisotopic (exact) mass is 449 g/mol. The van der Waals surface area contributed by atoms with Gasteiger partial charge in [0.1, 0.15) is 0 Å². The fraction of sp³-hybridized carbons (Fsp3) is 0.571. The minimum absolute atomic E-state index is 0. The summed E-state index contributed by atoms with van der Waals surface area (Å²) >= 11 is 5.83. The number of hydroxylamine groups is 1. The maximum absolute atomic E-state index is 12.1. The summed E-state index contributed by atoms with van der Waals surface area (Å²) in [7, 11) is 0. The van der Waals surface area contributed by atoms with Gasteiger partial charge in [-0.2, -0.15) is 0 Å². The summed E-state index contributed by atoms with van der Waals surface area (Å²) in [5.74, 6) is -1.04. The zero-order valence-corrected chi connectivity index (χ0v) is 20.4. The van der Waals surface area contributed by atoms with Crippen LogP contribution >= 0.6 is 11.6 Å². The van der Waals surface area contributed by atoms with Crippen LogP contribution in [0.15, 0.2) is 24.3 Å². The van der Waals surface area contributed by atoms with E-state index in [-0.39, 0.29) is 49.3 Å². The van der Waals surface area contributed by atoms with Crippen LogP contribution in [0.2, 0.25) is 5.02 Å². The molecule has 162 valence electrons. The van der Waals surface area contributed by atoms with E-state index in [0.717, 1.165) is 31.2 Å². The predicted molar refractivity (Wildman–Crippen MR) is 108 cm³/mol. The maximum Gasteiger partial charge on any atom is 1.00 e. The van der Waals surface area contributed by atoms with Crippen molar-refractivity contribution in [2.24, 2.45) is 5.92 Å². The summed E-state index contributed by atoms with van der Waals surface area (Å²) in [4.78, 5) is 40.4. The average Bonchev–Trinajstić information content (AvgIpc) is 3.23. The van der Waals surface area contributed by atoms with Crippen LogP contribution in [-0.2, 0) is 30.3 Å². The zero-order valence-electron chi connectivity index (χ0n) is 18.7. The maximum atomic E-state index is 12.1. The number of carbonyl (C=O) groups is 3. The van der Waals surface area contributed by atoms with Crippen molar-refractivity contribution in [2.45, 2.75) is 71.0 Å². The topological polar surface area (TPSA) is 90.9 Å². The van der Waals surface area contributed by atoms with Gasteiger partial charge in [-0.15, -0.1) is 5.48 Å². The van der Waals surface area contributed by atoms with Crippen molar-refractivity contribution in [2.75, 3.05) is 0 Å². The van der Waals surface area contributed by atoms with Crippen molar-refractivity contribution in [3.05, 3.63) is 34.9 Å². The molecule has 0 spiro atoms. The summed E-state index contributed by atoms with van der Waals surface area (Å²) in [6.07, 6.45) is 4.10. The van der Waals surface area contributed by atoms with E-state index in [4.69, 9.17) is 25.9 Å². The van der Waals surface area contributed by atoms with Gasteiger partial charge >= 0.3 is 47.6 Å². The number of hydrogen-bond acceptors (Lipinski definition) is 6. The van der Waals surface area contributed by atoms with E-state index >= 15 is 0 Å². The normalized spacial score (nSPS) is 14.3. The Morgan fingerprint density at radius 3 is 2.47 bits per heavy atom. The third-order valence-corrected chi connectivity index (χ3v) is 4.96. The molecule has 1 aliphatic rings. The molecule has 1 N–H and O–H groups in total. The van der Waals surface area contributed by atoms with Gasteiger partial charge in [0.25, 0.3) is 0 Å². The van der Waals surface area contributed by atoms with E-state index < -0.39 is 18.4 Å². The standard InChI is InChI=1S/C21H28ClNO6.Na.H/c1-2-6-19(27-20(25)16-8-3-4-9-16)28-21(26)23-29-18(24)10-5-7-15-11-13-17(22)14-12-15;;/h11-14,16,19H,2-10H2,1H3,(H,23,26);;/q;+1;-1. The number of halogens is 1. The van der Waals surface area contributed by atoms with Crippen molar-refractivity contribution in [1.82, 2.24) is 5.48 Å². The van der Waals surface area contributed by atoms with Crippen LogP contribution < -0.4 is 35.0 Å². The van der Waals surface area contributed by atoms with Crippen molar-refractivity contribution in [1.29, 1.82) is 0 Å². The molecule has 1 amide bonds. The van der Waals surface area contributed by atoms with Gasteiger partial charge in [-0.05, 0) is 49.8 Å². The Hall–Kier alpha value is -1.28. The summed E-state index contributed by atoms with van der Waals surface area (Å²) < 4.78 is 10.4. The fourth-order valence-corrected chi connectivity index (χ4v) is 3.27. The molecule has 0 bridgehead atoms. The van der Waals surface area contributed by atoms with Crippen LogP contribution in [0.4, 0.5) is 4.79 Å². The molecule has 1 aromatic carbocycles. The van der Waals surface area contributed by atoms with Crippen LogP contribution in [-0.4, -0.2) is 24.3 Å². The molecule has 30 heavy (non-hydrogen) atoms. The van der Waals surface area contributed by atoms with E-state index in [2.05, 4.69) is 0 Å². The van der Waals surface area contributed by atoms with Gasteiger partial charge < -0.3 is 15.7 Å². The summed E-state index contributed by atoms with van der Waals surface area (Å²) in [6.45, 7) is 1.89. The van der Waals surface area contributed by atoms with Crippen LogP contribution in [0.25, 0.3) is 0 Å².